The molecule has 2 aromatic rings. The summed E-state index contributed by atoms with van der Waals surface area (Å²) in [6.45, 7) is 3.49. The lowest BCUT2D eigenvalue weighted by molar-refractivity contribution is 0.323. The molecule has 3 nitrogen and oxygen atoms in total. The number of hydrogen-bond donors (Lipinski definition) is 0. The summed E-state index contributed by atoms with van der Waals surface area (Å²) in [5.41, 5.74) is 2.03. The molecule has 5 heteroatoms. The molecular formula is C17H19FN2OS. The monoisotopic (exact) mass is 318 g/mol. The fraction of sp³-hybridized carbons (Fsp3) is 0.353. The minimum absolute atomic E-state index is 0.212. The molecular weight excluding hydrogens is 299 g/mol. The average molecular weight is 318 g/mol. The van der Waals surface area contributed by atoms with Gasteiger partial charge in [0.2, 0.25) is 5.90 Å². The number of aromatic nitrogens is 1. The fourth-order valence-corrected chi connectivity index (χ4v) is 3.11. The number of halogens is 1. The summed E-state index contributed by atoms with van der Waals surface area (Å²) in [7, 11) is 0. The number of hydrogen-bond acceptors (Lipinski definition) is 3. The van der Waals surface area contributed by atoms with Gasteiger partial charge < -0.3 is 9.30 Å². The van der Waals surface area contributed by atoms with Crippen LogP contribution in [0.1, 0.15) is 18.2 Å². The quantitative estimate of drug-likeness (QED) is 0.814. The Morgan fingerprint density at radius 2 is 2.14 bits per heavy atom. The highest BCUT2D eigenvalue weighted by Crippen LogP contribution is 2.17. The molecule has 1 aliphatic rings. The van der Waals surface area contributed by atoms with Gasteiger partial charge in [-0.25, -0.2) is 9.38 Å². The van der Waals surface area contributed by atoms with E-state index in [0.29, 0.717) is 19.0 Å². The van der Waals surface area contributed by atoms with Crippen molar-refractivity contribution < 1.29 is 9.13 Å². The van der Waals surface area contributed by atoms with Crippen LogP contribution in [0.3, 0.4) is 0 Å². The highest BCUT2D eigenvalue weighted by Gasteiger charge is 2.21. The second-order valence-electron chi connectivity index (χ2n) is 5.21. The van der Waals surface area contributed by atoms with Gasteiger partial charge >= 0.3 is 0 Å². The van der Waals surface area contributed by atoms with Crippen LogP contribution in [-0.2, 0) is 11.3 Å². The van der Waals surface area contributed by atoms with E-state index in [1.807, 2.05) is 30.1 Å². The lowest BCUT2D eigenvalue weighted by atomic mass is 10.2. The maximum absolute atomic E-state index is 13.0. The van der Waals surface area contributed by atoms with Crippen molar-refractivity contribution in [2.45, 2.75) is 19.5 Å². The molecule has 0 fully saturated rings. The Labute approximate surface area is 134 Å². The molecule has 0 N–H and O–H groups in total. The van der Waals surface area contributed by atoms with Crippen LogP contribution in [0, 0.1) is 5.82 Å². The summed E-state index contributed by atoms with van der Waals surface area (Å²) >= 11 is 1.88. The summed E-state index contributed by atoms with van der Waals surface area (Å²) in [6.07, 6.45) is 2.00. The maximum Gasteiger partial charge on any atom is 0.233 e. The van der Waals surface area contributed by atoms with Gasteiger partial charge in [0, 0.05) is 18.5 Å². The van der Waals surface area contributed by atoms with Gasteiger partial charge in [-0.15, -0.1) is 0 Å². The van der Waals surface area contributed by atoms with Crippen molar-refractivity contribution >= 4 is 17.7 Å². The molecule has 0 saturated heterocycles. The van der Waals surface area contributed by atoms with Crippen molar-refractivity contribution in [2.24, 2.45) is 4.99 Å². The molecule has 0 aliphatic carbocycles. The van der Waals surface area contributed by atoms with Crippen LogP contribution in [-0.4, -0.2) is 34.6 Å². The number of aliphatic imine (C=N–C) groups is 1. The van der Waals surface area contributed by atoms with Crippen molar-refractivity contribution in [2.75, 3.05) is 18.1 Å². The Bertz CT molecular complexity index is 651. The number of nitrogens with zero attached hydrogens (tertiary/aromatic N) is 2. The molecule has 1 atom stereocenters. The summed E-state index contributed by atoms with van der Waals surface area (Å²) in [5, 5.41) is 0. The SMILES string of the molecule is CCSC[C@H]1COC(c2cccn2Cc2ccc(F)cc2)=N1. The third kappa shape index (κ3) is 3.53. The van der Waals surface area contributed by atoms with Crippen molar-refractivity contribution in [3.05, 3.63) is 59.7 Å². The first-order chi connectivity index (χ1) is 10.8. The number of ether oxygens (including phenoxy) is 1. The molecule has 3 rings (SSSR count). The van der Waals surface area contributed by atoms with Gasteiger partial charge in [0.05, 0.1) is 6.04 Å². The summed E-state index contributed by atoms with van der Waals surface area (Å²) in [4.78, 5) is 4.68. The number of rotatable bonds is 6. The largest absolute Gasteiger partial charge is 0.474 e. The van der Waals surface area contributed by atoms with Gasteiger partial charge in [0.25, 0.3) is 0 Å². The lowest BCUT2D eigenvalue weighted by Gasteiger charge is -2.09. The molecule has 0 saturated carbocycles. The van der Waals surface area contributed by atoms with E-state index in [-0.39, 0.29) is 11.9 Å². The second kappa shape index (κ2) is 7.01. The molecule has 0 unspecified atom stereocenters. The zero-order valence-electron chi connectivity index (χ0n) is 12.5. The van der Waals surface area contributed by atoms with Gasteiger partial charge in [-0.05, 0) is 35.6 Å². The van der Waals surface area contributed by atoms with Crippen LogP contribution >= 0.6 is 11.8 Å². The first kappa shape index (κ1) is 15.2. The molecule has 0 radical (unpaired) electrons. The predicted octanol–water partition coefficient (Wildman–Crippen LogP) is 3.57. The lowest BCUT2D eigenvalue weighted by Crippen LogP contribution is -2.11. The van der Waals surface area contributed by atoms with E-state index in [1.54, 1.807) is 12.1 Å². The van der Waals surface area contributed by atoms with Crippen molar-refractivity contribution in [3.8, 4) is 0 Å². The van der Waals surface area contributed by atoms with Crippen LogP contribution in [0.4, 0.5) is 4.39 Å². The Morgan fingerprint density at radius 3 is 2.91 bits per heavy atom. The highest BCUT2D eigenvalue weighted by molar-refractivity contribution is 7.99. The van der Waals surface area contributed by atoms with Gasteiger partial charge in [-0.3, -0.25) is 0 Å². The summed E-state index contributed by atoms with van der Waals surface area (Å²) in [5.74, 6) is 2.60. The van der Waals surface area contributed by atoms with Crippen LogP contribution in [0.5, 0.6) is 0 Å². The van der Waals surface area contributed by atoms with Gasteiger partial charge in [-0.2, -0.15) is 11.8 Å². The molecule has 1 aromatic carbocycles. The van der Waals surface area contributed by atoms with E-state index < -0.39 is 0 Å². The fourth-order valence-electron chi connectivity index (χ4n) is 2.43. The number of thioether (sulfide) groups is 1. The minimum Gasteiger partial charge on any atom is -0.474 e. The third-order valence-corrected chi connectivity index (χ3v) is 4.57. The molecule has 0 spiro atoms. The Morgan fingerprint density at radius 1 is 1.32 bits per heavy atom. The molecule has 2 heterocycles. The second-order valence-corrected chi connectivity index (χ2v) is 6.53. The molecule has 0 amide bonds. The summed E-state index contributed by atoms with van der Waals surface area (Å²) < 4.78 is 20.8. The van der Waals surface area contributed by atoms with E-state index in [0.717, 1.165) is 22.8 Å². The van der Waals surface area contributed by atoms with E-state index in [4.69, 9.17) is 4.74 Å². The first-order valence-corrected chi connectivity index (χ1v) is 8.60. The molecule has 1 aliphatic heterocycles. The van der Waals surface area contributed by atoms with Crippen molar-refractivity contribution in [3.63, 3.8) is 0 Å². The smallest absolute Gasteiger partial charge is 0.233 e. The molecule has 22 heavy (non-hydrogen) atoms. The minimum atomic E-state index is -0.212. The molecule has 0 bridgehead atoms. The van der Waals surface area contributed by atoms with Gasteiger partial charge in [-0.1, -0.05) is 19.1 Å². The van der Waals surface area contributed by atoms with Crippen LogP contribution in [0.15, 0.2) is 47.6 Å². The van der Waals surface area contributed by atoms with Crippen molar-refractivity contribution in [1.82, 2.24) is 4.57 Å². The first-order valence-electron chi connectivity index (χ1n) is 7.44. The zero-order chi connectivity index (χ0) is 15.4. The highest BCUT2D eigenvalue weighted by atomic mass is 32.2. The van der Waals surface area contributed by atoms with Gasteiger partial charge in [0.15, 0.2) is 0 Å². The molecule has 1 aromatic heterocycles. The predicted molar refractivity (Wildman–Crippen MR) is 89.2 cm³/mol. The van der Waals surface area contributed by atoms with Gasteiger partial charge in [0.1, 0.15) is 18.1 Å². The Hall–Kier alpha value is -1.75. The van der Waals surface area contributed by atoms with Crippen LogP contribution < -0.4 is 0 Å². The topological polar surface area (TPSA) is 26.5 Å². The van der Waals surface area contributed by atoms with E-state index >= 15 is 0 Å². The Balaban J connectivity index is 1.73. The zero-order valence-corrected chi connectivity index (χ0v) is 13.4. The van der Waals surface area contributed by atoms with Crippen LogP contribution in [0.25, 0.3) is 0 Å². The standard InChI is InChI=1S/C17H19FN2OS/c1-2-22-12-15-11-21-17(19-15)16-4-3-9-20(16)10-13-5-7-14(18)8-6-13/h3-9,15H,2,10-12H2,1H3/t15-/m1/s1. The van der Waals surface area contributed by atoms with E-state index in [1.165, 1.54) is 12.1 Å². The number of benzene rings is 1. The third-order valence-electron chi connectivity index (χ3n) is 3.54. The van der Waals surface area contributed by atoms with Crippen molar-refractivity contribution in [1.29, 1.82) is 0 Å². The van der Waals surface area contributed by atoms with E-state index in [2.05, 4.69) is 16.5 Å². The Kier molecular flexibility index (Phi) is 4.83. The normalized spacial score (nSPS) is 17.4. The van der Waals surface area contributed by atoms with Crippen LogP contribution in [0.2, 0.25) is 0 Å². The maximum atomic E-state index is 13.0. The molecule has 116 valence electrons. The van der Waals surface area contributed by atoms with E-state index in [9.17, 15) is 4.39 Å². The summed E-state index contributed by atoms with van der Waals surface area (Å²) in [6, 6.07) is 10.8. The average Bonchev–Trinajstić information content (AvgIpc) is 3.16.